The van der Waals surface area contributed by atoms with Gasteiger partial charge in [0, 0.05) is 31.7 Å². The number of hydrogen-bond acceptors (Lipinski definition) is 6. The minimum atomic E-state index is -0.613. The van der Waals surface area contributed by atoms with E-state index in [9.17, 15) is 14.4 Å². The number of carbonyl (C=O) groups is 3. The molecule has 170 valence electrons. The number of urea groups is 1. The fourth-order valence-electron chi connectivity index (χ4n) is 4.33. The molecule has 0 aromatic heterocycles. The van der Waals surface area contributed by atoms with Crippen LogP contribution in [-0.4, -0.2) is 67.8 Å². The monoisotopic (exact) mass is 432 g/mol. The van der Waals surface area contributed by atoms with E-state index in [-0.39, 0.29) is 24.6 Å². The molecule has 0 atom stereocenters. The molecule has 1 aliphatic carbocycles. The van der Waals surface area contributed by atoms with Gasteiger partial charge in [-0.05, 0) is 30.5 Å². The van der Waals surface area contributed by atoms with Crippen LogP contribution in [0.3, 0.4) is 0 Å². The fraction of sp³-hybridized carbons (Fsp3) is 0.591. The van der Waals surface area contributed by atoms with Crippen molar-refractivity contribution in [1.82, 2.24) is 15.5 Å². The van der Waals surface area contributed by atoms with Crippen molar-refractivity contribution in [3.05, 3.63) is 35.4 Å². The standard InChI is InChI=1S/C22H32N4O5/c23-21(29)24-14-17-4-6-18(7-5-17)20(28)31-15-19(27)25-16-22(8-2-1-3-9-22)26-10-12-30-13-11-26/h4-7H,1-3,8-16H2,(H,25,27)(H3,23,24,29). The summed E-state index contributed by atoms with van der Waals surface area (Å²) < 4.78 is 10.7. The Hall–Kier alpha value is -2.65. The predicted octanol–water partition coefficient (Wildman–Crippen LogP) is 1.16. The lowest BCUT2D eigenvalue weighted by Gasteiger charge is -2.48. The minimum Gasteiger partial charge on any atom is -0.452 e. The van der Waals surface area contributed by atoms with E-state index in [0.717, 1.165) is 57.6 Å². The van der Waals surface area contributed by atoms with Crippen LogP contribution in [0.5, 0.6) is 0 Å². The molecule has 9 nitrogen and oxygen atoms in total. The van der Waals surface area contributed by atoms with Gasteiger partial charge < -0.3 is 25.8 Å². The van der Waals surface area contributed by atoms with Crippen LogP contribution in [0.1, 0.15) is 48.0 Å². The molecule has 0 spiro atoms. The predicted molar refractivity (Wildman–Crippen MR) is 114 cm³/mol. The van der Waals surface area contributed by atoms with E-state index in [0.29, 0.717) is 12.1 Å². The topological polar surface area (TPSA) is 123 Å². The van der Waals surface area contributed by atoms with Crippen molar-refractivity contribution in [2.75, 3.05) is 39.5 Å². The second-order valence-corrected chi connectivity index (χ2v) is 8.15. The molecule has 0 radical (unpaired) electrons. The van der Waals surface area contributed by atoms with Crippen LogP contribution in [0.2, 0.25) is 0 Å². The normalized spacial score (nSPS) is 18.7. The van der Waals surface area contributed by atoms with Crippen LogP contribution in [0.15, 0.2) is 24.3 Å². The van der Waals surface area contributed by atoms with Gasteiger partial charge in [-0.3, -0.25) is 9.69 Å². The van der Waals surface area contributed by atoms with Gasteiger partial charge in [0.15, 0.2) is 6.61 Å². The number of morpholine rings is 1. The summed E-state index contributed by atoms with van der Waals surface area (Å²) in [5, 5.41) is 5.46. The Labute approximate surface area is 182 Å². The number of nitrogens with two attached hydrogens (primary N) is 1. The number of benzene rings is 1. The lowest BCUT2D eigenvalue weighted by molar-refractivity contribution is -0.125. The maximum Gasteiger partial charge on any atom is 0.338 e. The minimum absolute atomic E-state index is 0.0313. The van der Waals surface area contributed by atoms with Crippen molar-refractivity contribution < 1.29 is 23.9 Å². The van der Waals surface area contributed by atoms with Crippen molar-refractivity contribution in [3.63, 3.8) is 0 Å². The van der Waals surface area contributed by atoms with Crippen LogP contribution < -0.4 is 16.4 Å². The number of carbonyl (C=O) groups excluding carboxylic acids is 3. The SMILES string of the molecule is NC(=O)NCc1ccc(C(=O)OCC(=O)NCC2(N3CCOCC3)CCCCC2)cc1. The van der Waals surface area contributed by atoms with Gasteiger partial charge in [-0.1, -0.05) is 31.4 Å². The van der Waals surface area contributed by atoms with Gasteiger partial charge in [-0.15, -0.1) is 0 Å². The van der Waals surface area contributed by atoms with Crippen LogP contribution in [0, 0.1) is 0 Å². The zero-order chi connectivity index (χ0) is 22.1. The Morgan fingerprint density at radius 2 is 1.71 bits per heavy atom. The highest BCUT2D eigenvalue weighted by molar-refractivity contribution is 5.91. The van der Waals surface area contributed by atoms with Gasteiger partial charge in [0.25, 0.3) is 5.91 Å². The van der Waals surface area contributed by atoms with E-state index in [4.69, 9.17) is 15.2 Å². The first-order valence-corrected chi connectivity index (χ1v) is 10.9. The average Bonchev–Trinajstić information content (AvgIpc) is 2.81. The van der Waals surface area contributed by atoms with Gasteiger partial charge in [-0.25, -0.2) is 9.59 Å². The van der Waals surface area contributed by atoms with Gasteiger partial charge >= 0.3 is 12.0 Å². The third-order valence-electron chi connectivity index (χ3n) is 6.07. The Bertz CT molecular complexity index is 756. The smallest absolute Gasteiger partial charge is 0.338 e. The number of esters is 1. The molecule has 0 bridgehead atoms. The zero-order valence-corrected chi connectivity index (χ0v) is 17.9. The van der Waals surface area contributed by atoms with E-state index in [1.165, 1.54) is 6.42 Å². The second kappa shape index (κ2) is 11.1. The molecule has 31 heavy (non-hydrogen) atoms. The summed E-state index contributed by atoms with van der Waals surface area (Å²) in [6.45, 7) is 3.74. The molecule has 1 saturated heterocycles. The average molecular weight is 433 g/mol. The molecule has 1 saturated carbocycles. The van der Waals surface area contributed by atoms with E-state index in [2.05, 4.69) is 15.5 Å². The Balaban J connectivity index is 1.46. The van der Waals surface area contributed by atoms with Crippen molar-refractivity contribution in [3.8, 4) is 0 Å². The molecule has 0 unspecified atom stereocenters. The van der Waals surface area contributed by atoms with Gasteiger partial charge in [0.1, 0.15) is 0 Å². The highest BCUT2D eigenvalue weighted by Crippen LogP contribution is 2.33. The summed E-state index contributed by atoms with van der Waals surface area (Å²) in [6, 6.07) is 5.96. The molecule has 2 fully saturated rings. The maximum absolute atomic E-state index is 12.4. The third-order valence-corrected chi connectivity index (χ3v) is 6.07. The number of primary amides is 1. The van der Waals surface area contributed by atoms with Crippen LogP contribution in [0.4, 0.5) is 4.79 Å². The third kappa shape index (κ3) is 6.67. The summed E-state index contributed by atoms with van der Waals surface area (Å²) >= 11 is 0. The quantitative estimate of drug-likeness (QED) is 0.530. The summed E-state index contributed by atoms with van der Waals surface area (Å²) in [6.07, 6.45) is 5.67. The van der Waals surface area contributed by atoms with Crippen LogP contribution in [0.25, 0.3) is 0 Å². The highest BCUT2D eigenvalue weighted by atomic mass is 16.5. The molecule has 2 aliphatic rings. The molecule has 9 heteroatoms. The fourth-order valence-corrected chi connectivity index (χ4v) is 4.33. The largest absolute Gasteiger partial charge is 0.452 e. The molecular weight excluding hydrogens is 400 g/mol. The summed E-state index contributed by atoms with van der Waals surface area (Å²) in [5.74, 6) is -0.862. The van der Waals surface area contributed by atoms with Gasteiger partial charge in [0.05, 0.1) is 18.8 Å². The molecule has 1 aliphatic heterocycles. The molecule has 4 N–H and O–H groups in total. The number of nitrogens with zero attached hydrogens (tertiary/aromatic N) is 1. The van der Waals surface area contributed by atoms with E-state index >= 15 is 0 Å². The number of amides is 3. The second-order valence-electron chi connectivity index (χ2n) is 8.15. The first-order valence-electron chi connectivity index (χ1n) is 10.9. The number of hydrogen-bond donors (Lipinski definition) is 3. The van der Waals surface area contributed by atoms with Gasteiger partial charge in [-0.2, -0.15) is 0 Å². The number of nitrogens with one attached hydrogen (secondary N) is 2. The maximum atomic E-state index is 12.4. The number of ether oxygens (including phenoxy) is 2. The van der Waals surface area contributed by atoms with Crippen molar-refractivity contribution >= 4 is 17.9 Å². The molecule has 1 heterocycles. The molecule has 3 amide bonds. The van der Waals surface area contributed by atoms with E-state index in [1.54, 1.807) is 24.3 Å². The Kier molecular flexibility index (Phi) is 8.25. The summed E-state index contributed by atoms with van der Waals surface area (Å²) in [7, 11) is 0. The van der Waals surface area contributed by atoms with Gasteiger partial charge in [0.2, 0.25) is 0 Å². The van der Waals surface area contributed by atoms with Crippen molar-refractivity contribution in [1.29, 1.82) is 0 Å². The van der Waals surface area contributed by atoms with E-state index in [1.807, 2.05) is 0 Å². The summed E-state index contributed by atoms with van der Waals surface area (Å²) in [5.41, 5.74) is 6.15. The van der Waals surface area contributed by atoms with Crippen LogP contribution in [-0.2, 0) is 20.8 Å². The summed E-state index contributed by atoms with van der Waals surface area (Å²) in [4.78, 5) is 37.8. The molecule has 1 aromatic carbocycles. The highest BCUT2D eigenvalue weighted by Gasteiger charge is 2.38. The van der Waals surface area contributed by atoms with Crippen molar-refractivity contribution in [2.24, 2.45) is 5.73 Å². The molecule has 1 aromatic rings. The molecule has 3 rings (SSSR count). The first kappa shape index (κ1) is 23.0. The van der Waals surface area contributed by atoms with E-state index < -0.39 is 12.0 Å². The molecular formula is C22H32N4O5. The van der Waals surface area contributed by atoms with Crippen molar-refractivity contribution in [2.45, 2.75) is 44.2 Å². The Morgan fingerprint density at radius 3 is 2.35 bits per heavy atom. The lowest BCUT2D eigenvalue weighted by atomic mass is 9.79. The van der Waals surface area contributed by atoms with Crippen LogP contribution >= 0.6 is 0 Å². The lowest BCUT2D eigenvalue weighted by Crippen LogP contribution is -2.59. The first-order chi connectivity index (χ1) is 15.0. The zero-order valence-electron chi connectivity index (χ0n) is 17.9. The number of rotatable bonds is 8. The Morgan fingerprint density at radius 1 is 1.03 bits per heavy atom.